The van der Waals surface area contributed by atoms with Crippen LogP contribution in [0.1, 0.15) is 13.3 Å². The van der Waals surface area contributed by atoms with Crippen LogP contribution >= 0.6 is 0 Å². The number of Topliss-reactive ketones (excluding diaryl/α,β-unsaturated/α-hetero) is 1. The Hall–Kier alpha value is -0.640. The zero-order valence-electron chi connectivity index (χ0n) is 7.25. The standard InChI is InChI=1S/C8H12N2O.BrH/c1-8(11)3-4-10-6-5-9(2)7-10;/h5-6H,3-4H2,1-2H3;1H/q+1;/p-1. The second kappa shape index (κ2) is 5.09. The molecule has 0 unspecified atom stereocenters. The van der Waals surface area contributed by atoms with Crippen molar-refractivity contribution in [3.8, 4) is 0 Å². The first-order chi connectivity index (χ1) is 5.18. The number of hydrogen-bond acceptors (Lipinski definition) is 3. The molecule has 0 aromatic rings. The van der Waals surface area contributed by atoms with Crippen LogP contribution in [-0.4, -0.2) is 29.2 Å². The molecule has 1 aliphatic heterocycles. The molecule has 0 amide bonds. The molecule has 0 aliphatic carbocycles. The van der Waals surface area contributed by atoms with Gasteiger partial charge in [0.2, 0.25) is 0 Å². The maximum atomic E-state index is 10.6. The lowest BCUT2D eigenvalue weighted by molar-refractivity contribution is -0.117. The number of hydrogen-bond donors (Lipinski definition) is 0. The van der Waals surface area contributed by atoms with Crippen LogP contribution in [0, 0.1) is 6.67 Å². The lowest BCUT2D eigenvalue weighted by atomic mass is 10.3. The van der Waals surface area contributed by atoms with E-state index in [0.717, 1.165) is 6.54 Å². The summed E-state index contributed by atoms with van der Waals surface area (Å²) in [5.41, 5.74) is 0. The van der Waals surface area contributed by atoms with Crippen LogP contribution in [0.15, 0.2) is 12.4 Å². The molecule has 1 heterocycles. The fourth-order valence-corrected chi connectivity index (χ4v) is 0.852. The quantitative estimate of drug-likeness (QED) is 0.511. The molecule has 1 rings (SSSR count). The van der Waals surface area contributed by atoms with Gasteiger partial charge in [-0.05, 0) is 6.92 Å². The number of ketones is 1. The Labute approximate surface area is 83.8 Å². The van der Waals surface area contributed by atoms with Gasteiger partial charge in [-0.25, -0.2) is 0 Å². The van der Waals surface area contributed by atoms with Gasteiger partial charge in [0.05, 0.1) is 26.0 Å². The van der Waals surface area contributed by atoms with E-state index in [4.69, 9.17) is 0 Å². The summed E-state index contributed by atoms with van der Waals surface area (Å²) in [6.45, 7) is 5.35. The smallest absolute Gasteiger partial charge is 0.564 e. The van der Waals surface area contributed by atoms with E-state index in [-0.39, 0.29) is 22.8 Å². The molecule has 12 heavy (non-hydrogen) atoms. The van der Waals surface area contributed by atoms with Crippen LogP contribution in [-0.2, 0) is 4.79 Å². The minimum absolute atomic E-state index is 0. The number of rotatable bonds is 3. The fraction of sp³-hybridized carbons (Fsp3) is 0.500. The molecule has 0 aromatic heterocycles. The molecule has 0 atom stereocenters. The van der Waals surface area contributed by atoms with E-state index in [1.165, 1.54) is 0 Å². The summed E-state index contributed by atoms with van der Waals surface area (Å²) in [5, 5.41) is 0. The highest BCUT2D eigenvalue weighted by atomic mass is 79.9. The van der Waals surface area contributed by atoms with Crippen LogP contribution in [0.25, 0.3) is 0 Å². The summed E-state index contributed by atoms with van der Waals surface area (Å²) < 4.78 is 0. The Morgan fingerprint density at radius 1 is 1.50 bits per heavy atom. The van der Waals surface area contributed by atoms with Crippen molar-refractivity contribution >= 4 is 5.78 Å². The van der Waals surface area contributed by atoms with E-state index in [1.807, 2.05) is 29.2 Å². The normalized spacial score (nSPS) is 14.2. The minimum atomic E-state index is 0. The molecule has 0 bridgehead atoms. The topological polar surface area (TPSA) is 23.6 Å². The fourth-order valence-electron chi connectivity index (χ4n) is 0.852. The maximum absolute atomic E-state index is 10.6. The van der Waals surface area contributed by atoms with E-state index >= 15 is 0 Å². The Morgan fingerprint density at radius 3 is 2.58 bits per heavy atom. The van der Waals surface area contributed by atoms with Crippen molar-refractivity contribution in [2.75, 3.05) is 13.6 Å². The molecule has 0 saturated heterocycles. The minimum Gasteiger partial charge on any atom is -1.00 e. The number of carbonyl (C=O) groups is 1. The first kappa shape index (κ1) is 11.4. The van der Waals surface area contributed by atoms with Crippen molar-refractivity contribution < 1.29 is 21.8 Å². The first-order valence-electron chi connectivity index (χ1n) is 3.62. The van der Waals surface area contributed by atoms with Gasteiger partial charge in [-0.15, -0.1) is 9.80 Å². The van der Waals surface area contributed by atoms with E-state index in [1.54, 1.807) is 6.92 Å². The van der Waals surface area contributed by atoms with Crippen molar-refractivity contribution in [1.29, 1.82) is 0 Å². The molecule has 1 aliphatic rings. The third-order valence-corrected chi connectivity index (χ3v) is 1.46. The lowest BCUT2D eigenvalue weighted by Gasteiger charge is -1.98. The molecule has 0 N–H and O–H groups in total. The molecule has 0 saturated carbocycles. The second-order valence-corrected chi connectivity index (χ2v) is 2.65. The van der Waals surface area contributed by atoms with Crippen LogP contribution in [0.5, 0.6) is 0 Å². The molecule has 3 nitrogen and oxygen atoms in total. The monoisotopic (exact) mass is 231 g/mol. The van der Waals surface area contributed by atoms with E-state index in [9.17, 15) is 4.79 Å². The van der Waals surface area contributed by atoms with Crippen LogP contribution in [0.2, 0.25) is 0 Å². The molecular formula is C8H12BrN2O. The van der Waals surface area contributed by atoms with E-state index < -0.39 is 0 Å². The average molecular weight is 232 g/mol. The van der Waals surface area contributed by atoms with Gasteiger partial charge in [-0.3, -0.25) is 4.79 Å². The Morgan fingerprint density at radius 2 is 2.17 bits per heavy atom. The van der Waals surface area contributed by atoms with Gasteiger partial charge < -0.3 is 17.0 Å². The predicted molar refractivity (Wildman–Crippen MR) is 42.2 cm³/mol. The number of nitrogens with zero attached hydrogens (tertiary/aromatic N) is 2. The zero-order chi connectivity index (χ0) is 8.27. The summed E-state index contributed by atoms with van der Waals surface area (Å²) in [7, 11) is 1.91. The van der Waals surface area contributed by atoms with Gasteiger partial charge in [0.25, 0.3) is 0 Å². The van der Waals surface area contributed by atoms with Crippen molar-refractivity contribution in [3.63, 3.8) is 0 Å². The number of halogens is 1. The molecule has 0 spiro atoms. The molecule has 67 valence electrons. The van der Waals surface area contributed by atoms with Gasteiger partial charge in [-0.2, -0.15) is 0 Å². The van der Waals surface area contributed by atoms with Crippen molar-refractivity contribution in [3.05, 3.63) is 19.1 Å². The highest BCUT2D eigenvalue weighted by molar-refractivity contribution is 5.75. The summed E-state index contributed by atoms with van der Waals surface area (Å²) in [6, 6.07) is 0. The summed E-state index contributed by atoms with van der Waals surface area (Å²) >= 11 is 0. The van der Waals surface area contributed by atoms with Gasteiger partial charge >= 0.3 is 6.67 Å². The van der Waals surface area contributed by atoms with Crippen LogP contribution in [0.3, 0.4) is 0 Å². The van der Waals surface area contributed by atoms with Crippen LogP contribution in [0.4, 0.5) is 0 Å². The van der Waals surface area contributed by atoms with Crippen molar-refractivity contribution in [1.82, 2.24) is 9.80 Å². The highest BCUT2D eigenvalue weighted by Crippen LogP contribution is 2.08. The Kier molecular flexibility index (Phi) is 4.81. The molecule has 1 radical (unpaired) electrons. The summed E-state index contributed by atoms with van der Waals surface area (Å²) in [6.07, 6.45) is 4.40. The predicted octanol–water partition coefficient (Wildman–Crippen LogP) is -2.32. The maximum Gasteiger partial charge on any atom is 0.564 e. The third kappa shape index (κ3) is 3.67. The lowest BCUT2D eigenvalue weighted by Crippen LogP contribution is -3.00. The number of carbonyl (C=O) groups excluding carboxylic acids is 1. The molecular weight excluding hydrogens is 220 g/mol. The largest absolute Gasteiger partial charge is 1.00 e. The highest BCUT2D eigenvalue weighted by Gasteiger charge is 2.27. The first-order valence-corrected chi connectivity index (χ1v) is 3.62. The van der Waals surface area contributed by atoms with Crippen LogP contribution < -0.4 is 17.0 Å². The molecule has 4 heteroatoms. The zero-order valence-corrected chi connectivity index (χ0v) is 8.84. The summed E-state index contributed by atoms with van der Waals surface area (Å²) in [4.78, 5) is 14.3. The molecule has 0 aromatic carbocycles. The van der Waals surface area contributed by atoms with E-state index in [2.05, 4.69) is 6.67 Å². The van der Waals surface area contributed by atoms with Gasteiger partial charge in [-0.1, -0.05) is 0 Å². The average Bonchev–Trinajstić information content (AvgIpc) is 2.31. The van der Waals surface area contributed by atoms with E-state index in [0.29, 0.717) is 6.42 Å². The Bertz CT molecular complexity index is 182. The van der Waals surface area contributed by atoms with Crippen molar-refractivity contribution in [2.24, 2.45) is 0 Å². The van der Waals surface area contributed by atoms with Gasteiger partial charge in [0.15, 0.2) is 0 Å². The summed E-state index contributed by atoms with van der Waals surface area (Å²) in [5.74, 6) is 0.217. The Balaban J connectivity index is 0.00000121. The second-order valence-electron chi connectivity index (χ2n) is 2.65. The third-order valence-electron chi connectivity index (χ3n) is 1.46. The van der Waals surface area contributed by atoms with Gasteiger partial charge in [0, 0.05) is 6.42 Å². The molecule has 0 fully saturated rings. The van der Waals surface area contributed by atoms with Gasteiger partial charge in [0.1, 0.15) is 5.78 Å². The van der Waals surface area contributed by atoms with Crippen molar-refractivity contribution in [2.45, 2.75) is 13.3 Å². The SMILES string of the molecule is CC(=O)CCN1[C+]N(C)C=C1.[Br-].